The molecule has 0 fully saturated rings. The molecule has 2 rings (SSSR count). The van der Waals surface area contributed by atoms with Crippen molar-refractivity contribution in [3.05, 3.63) is 41.1 Å². The molecule has 78 valence electrons. The normalized spacial score (nSPS) is 10.5. The Kier molecular flexibility index (Phi) is 2.60. The van der Waals surface area contributed by atoms with Crippen molar-refractivity contribution in [1.29, 1.82) is 0 Å². The Morgan fingerprint density at radius 3 is 2.87 bits per heavy atom. The average molecular weight is 223 g/mol. The van der Waals surface area contributed by atoms with Crippen LogP contribution in [-0.4, -0.2) is 14.5 Å². The van der Waals surface area contributed by atoms with Gasteiger partial charge >= 0.3 is 0 Å². The van der Waals surface area contributed by atoms with E-state index in [0.717, 1.165) is 11.4 Å². The Hall–Kier alpha value is -1.55. The first-order valence-corrected chi connectivity index (χ1v) is 4.93. The van der Waals surface area contributed by atoms with Gasteiger partial charge in [0.1, 0.15) is 11.6 Å². The van der Waals surface area contributed by atoms with Crippen LogP contribution in [0.2, 0.25) is 5.02 Å². The summed E-state index contributed by atoms with van der Waals surface area (Å²) in [4.78, 5) is 8.05. The number of nitrogen functional groups attached to an aromatic ring is 1. The molecule has 0 aromatic carbocycles. The largest absolute Gasteiger partial charge is 0.382 e. The van der Waals surface area contributed by atoms with Crippen LogP contribution in [0.3, 0.4) is 0 Å². The second-order valence-electron chi connectivity index (χ2n) is 3.27. The second-order valence-corrected chi connectivity index (χ2v) is 3.65. The molecule has 0 unspecified atom stereocenters. The van der Waals surface area contributed by atoms with Gasteiger partial charge in [0, 0.05) is 18.6 Å². The molecule has 2 heterocycles. The van der Waals surface area contributed by atoms with E-state index in [4.69, 9.17) is 17.3 Å². The molecular weight excluding hydrogens is 212 g/mol. The highest BCUT2D eigenvalue weighted by atomic mass is 35.5. The molecule has 0 atom stereocenters. The Bertz CT molecular complexity index is 478. The fraction of sp³-hybridized carbons (Fsp3) is 0.200. The molecule has 0 aliphatic heterocycles. The summed E-state index contributed by atoms with van der Waals surface area (Å²) in [6, 6.07) is 1.86. The van der Waals surface area contributed by atoms with Gasteiger partial charge in [-0.2, -0.15) is 0 Å². The smallest absolute Gasteiger partial charge is 0.142 e. The van der Waals surface area contributed by atoms with Gasteiger partial charge in [0.15, 0.2) is 0 Å². The number of aromatic nitrogens is 3. The summed E-state index contributed by atoms with van der Waals surface area (Å²) < 4.78 is 2.00. The maximum absolute atomic E-state index is 6.04. The number of halogens is 1. The van der Waals surface area contributed by atoms with E-state index in [9.17, 15) is 0 Å². The zero-order valence-corrected chi connectivity index (χ0v) is 9.07. The van der Waals surface area contributed by atoms with Gasteiger partial charge in [-0.05, 0) is 18.6 Å². The standard InChI is InChI=1S/C10H11ClN4/c1-7-13-4-5-15(7)6-8-2-3-14-10(12)9(8)11/h2-5H,6H2,1H3,(H2,12,14). The summed E-state index contributed by atoms with van der Waals surface area (Å²) >= 11 is 6.04. The number of anilines is 1. The van der Waals surface area contributed by atoms with Crippen LogP contribution in [0.5, 0.6) is 0 Å². The lowest BCUT2D eigenvalue weighted by Gasteiger charge is -2.07. The Labute approximate surface area is 92.7 Å². The number of imidazole rings is 1. The topological polar surface area (TPSA) is 56.7 Å². The van der Waals surface area contributed by atoms with Gasteiger partial charge in [-0.15, -0.1) is 0 Å². The van der Waals surface area contributed by atoms with Crippen molar-refractivity contribution in [3.63, 3.8) is 0 Å². The molecule has 5 heteroatoms. The van der Waals surface area contributed by atoms with E-state index in [1.54, 1.807) is 12.4 Å². The minimum atomic E-state index is 0.368. The van der Waals surface area contributed by atoms with Crippen LogP contribution in [0, 0.1) is 6.92 Å². The maximum atomic E-state index is 6.04. The van der Waals surface area contributed by atoms with Gasteiger partial charge in [-0.3, -0.25) is 0 Å². The molecule has 0 bridgehead atoms. The SMILES string of the molecule is Cc1nccn1Cc1ccnc(N)c1Cl. The fourth-order valence-electron chi connectivity index (χ4n) is 1.38. The van der Waals surface area contributed by atoms with Crippen LogP contribution < -0.4 is 5.73 Å². The lowest BCUT2D eigenvalue weighted by molar-refractivity contribution is 0.761. The first-order valence-electron chi connectivity index (χ1n) is 4.55. The van der Waals surface area contributed by atoms with E-state index in [1.807, 2.05) is 23.8 Å². The monoisotopic (exact) mass is 222 g/mol. The maximum Gasteiger partial charge on any atom is 0.142 e. The summed E-state index contributed by atoms with van der Waals surface area (Å²) in [5.74, 6) is 1.31. The molecule has 0 saturated heterocycles. The number of hydrogen-bond donors (Lipinski definition) is 1. The number of nitrogens with two attached hydrogens (primary N) is 1. The predicted octanol–water partition coefficient (Wildman–Crippen LogP) is 1.87. The summed E-state index contributed by atoms with van der Waals surface area (Å²) in [5.41, 5.74) is 6.57. The molecule has 0 aliphatic carbocycles. The zero-order chi connectivity index (χ0) is 10.8. The molecule has 0 saturated carbocycles. The van der Waals surface area contributed by atoms with Crippen LogP contribution in [0.1, 0.15) is 11.4 Å². The van der Waals surface area contributed by atoms with Crippen molar-refractivity contribution in [2.75, 3.05) is 5.73 Å². The van der Waals surface area contributed by atoms with Gasteiger partial charge in [0.25, 0.3) is 0 Å². The highest BCUT2D eigenvalue weighted by molar-refractivity contribution is 6.33. The molecule has 0 amide bonds. The minimum absolute atomic E-state index is 0.368. The fourth-order valence-corrected chi connectivity index (χ4v) is 1.55. The van der Waals surface area contributed by atoms with Crippen molar-refractivity contribution in [2.45, 2.75) is 13.5 Å². The highest BCUT2D eigenvalue weighted by Crippen LogP contribution is 2.21. The van der Waals surface area contributed by atoms with Crippen LogP contribution in [0.4, 0.5) is 5.82 Å². The molecule has 2 aromatic rings. The molecular formula is C10H11ClN4. The van der Waals surface area contributed by atoms with E-state index in [0.29, 0.717) is 17.4 Å². The summed E-state index contributed by atoms with van der Waals surface area (Å²) in [7, 11) is 0. The van der Waals surface area contributed by atoms with E-state index in [2.05, 4.69) is 9.97 Å². The van der Waals surface area contributed by atoms with Crippen LogP contribution in [0.15, 0.2) is 24.7 Å². The van der Waals surface area contributed by atoms with E-state index in [-0.39, 0.29) is 0 Å². The molecule has 4 nitrogen and oxygen atoms in total. The van der Waals surface area contributed by atoms with Gasteiger partial charge in [-0.1, -0.05) is 11.6 Å². The minimum Gasteiger partial charge on any atom is -0.382 e. The van der Waals surface area contributed by atoms with E-state index in [1.165, 1.54) is 0 Å². The van der Waals surface area contributed by atoms with Crippen molar-refractivity contribution < 1.29 is 0 Å². The van der Waals surface area contributed by atoms with Crippen LogP contribution >= 0.6 is 11.6 Å². The van der Waals surface area contributed by atoms with E-state index >= 15 is 0 Å². The van der Waals surface area contributed by atoms with Crippen molar-refractivity contribution >= 4 is 17.4 Å². The van der Waals surface area contributed by atoms with Crippen molar-refractivity contribution in [1.82, 2.24) is 14.5 Å². The summed E-state index contributed by atoms with van der Waals surface area (Å²) in [5, 5.41) is 0.519. The quantitative estimate of drug-likeness (QED) is 0.844. The van der Waals surface area contributed by atoms with Gasteiger partial charge in [0.05, 0.1) is 11.6 Å². The third-order valence-corrected chi connectivity index (χ3v) is 2.70. The number of aryl methyl sites for hydroxylation is 1. The summed E-state index contributed by atoms with van der Waals surface area (Å²) in [6.45, 7) is 2.61. The number of hydrogen-bond acceptors (Lipinski definition) is 3. The zero-order valence-electron chi connectivity index (χ0n) is 8.31. The Balaban J connectivity index is 2.33. The molecule has 15 heavy (non-hydrogen) atoms. The van der Waals surface area contributed by atoms with Crippen LogP contribution in [-0.2, 0) is 6.54 Å². The highest BCUT2D eigenvalue weighted by Gasteiger charge is 2.06. The van der Waals surface area contributed by atoms with Crippen molar-refractivity contribution in [2.24, 2.45) is 0 Å². The molecule has 2 N–H and O–H groups in total. The Morgan fingerprint density at radius 1 is 1.40 bits per heavy atom. The lowest BCUT2D eigenvalue weighted by atomic mass is 10.2. The first kappa shape index (κ1) is 9.98. The Morgan fingerprint density at radius 2 is 2.20 bits per heavy atom. The number of nitrogens with zero attached hydrogens (tertiary/aromatic N) is 3. The van der Waals surface area contributed by atoms with Gasteiger partial charge in [0.2, 0.25) is 0 Å². The predicted molar refractivity (Wildman–Crippen MR) is 59.7 cm³/mol. The number of pyridine rings is 1. The molecule has 0 radical (unpaired) electrons. The van der Waals surface area contributed by atoms with Gasteiger partial charge in [-0.25, -0.2) is 9.97 Å². The molecule has 0 spiro atoms. The second kappa shape index (κ2) is 3.90. The van der Waals surface area contributed by atoms with Gasteiger partial charge < -0.3 is 10.3 Å². The lowest BCUT2D eigenvalue weighted by Crippen LogP contribution is -2.03. The first-order chi connectivity index (χ1) is 7.18. The third-order valence-electron chi connectivity index (χ3n) is 2.26. The molecule has 0 aliphatic rings. The van der Waals surface area contributed by atoms with Crippen molar-refractivity contribution in [3.8, 4) is 0 Å². The van der Waals surface area contributed by atoms with Crippen LogP contribution in [0.25, 0.3) is 0 Å². The van der Waals surface area contributed by atoms with E-state index < -0.39 is 0 Å². The molecule has 2 aromatic heterocycles. The summed E-state index contributed by atoms with van der Waals surface area (Å²) in [6.07, 6.45) is 5.32. The third kappa shape index (κ3) is 1.94. The number of rotatable bonds is 2. The average Bonchev–Trinajstić information content (AvgIpc) is 2.60.